The van der Waals surface area contributed by atoms with E-state index in [2.05, 4.69) is 0 Å². The smallest absolute Gasteiger partial charge is 0.258 e. The summed E-state index contributed by atoms with van der Waals surface area (Å²) in [6, 6.07) is 10.4. The fraction of sp³-hybridized carbons (Fsp3) is 0. The Hall–Kier alpha value is -1.81. The van der Waals surface area contributed by atoms with Crippen molar-refractivity contribution >= 4 is 17.2 Å². The van der Waals surface area contributed by atoms with E-state index in [9.17, 15) is 9.90 Å². The van der Waals surface area contributed by atoms with Crippen molar-refractivity contribution in [3.8, 4) is 16.2 Å². The number of phenolic OH excluding ortho intramolecular Hbond substituents is 1. The monoisotopic (exact) mass is 219 g/mol. The summed E-state index contributed by atoms with van der Waals surface area (Å²) >= 11 is 1.32. The molecule has 2 aromatic rings. The molecule has 3 nitrogen and oxygen atoms in total. The van der Waals surface area contributed by atoms with Crippen LogP contribution < -0.4 is 5.73 Å². The average Bonchev–Trinajstić information content (AvgIpc) is 2.66. The highest BCUT2D eigenvalue weighted by atomic mass is 32.1. The van der Waals surface area contributed by atoms with E-state index in [1.807, 2.05) is 12.1 Å². The zero-order chi connectivity index (χ0) is 10.8. The van der Waals surface area contributed by atoms with Crippen molar-refractivity contribution < 1.29 is 9.90 Å². The molecule has 1 heterocycles. The molecule has 2 rings (SSSR count). The van der Waals surface area contributed by atoms with Gasteiger partial charge in [0.25, 0.3) is 5.91 Å². The lowest BCUT2D eigenvalue weighted by Gasteiger charge is -1.97. The number of thiophene rings is 1. The van der Waals surface area contributed by atoms with Gasteiger partial charge in [-0.25, -0.2) is 0 Å². The van der Waals surface area contributed by atoms with Crippen LogP contribution in [0, 0.1) is 0 Å². The van der Waals surface area contributed by atoms with Gasteiger partial charge in [0.05, 0.1) is 4.88 Å². The van der Waals surface area contributed by atoms with E-state index < -0.39 is 5.91 Å². The number of hydrogen-bond acceptors (Lipinski definition) is 3. The van der Waals surface area contributed by atoms with Crippen LogP contribution in [0.4, 0.5) is 0 Å². The second kappa shape index (κ2) is 3.74. The first-order valence-electron chi connectivity index (χ1n) is 4.36. The fourth-order valence-electron chi connectivity index (χ4n) is 1.28. The van der Waals surface area contributed by atoms with Gasteiger partial charge in [-0.1, -0.05) is 12.1 Å². The zero-order valence-electron chi connectivity index (χ0n) is 7.81. The molecule has 4 heteroatoms. The molecule has 0 unspecified atom stereocenters. The van der Waals surface area contributed by atoms with Crippen LogP contribution in [-0.4, -0.2) is 11.0 Å². The molecule has 76 valence electrons. The van der Waals surface area contributed by atoms with Crippen LogP contribution >= 0.6 is 11.3 Å². The van der Waals surface area contributed by atoms with Crippen molar-refractivity contribution in [1.29, 1.82) is 0 Å². The van der Waals surface area contributed by atoms with Gasteiger partial charge < -0.3 is 10.8 Å². The van der Waals surface area contributed by atoms with Gasteiger partial charge in [0.15, 0.2) is 0 Å². The van der Waals surface area contributed by atoms with Crippen molar-refractivity contribution in [1.82, 2.24) is 0 Å². The molecular weight excluding hydrogens is 210 g/mol. The van der Waals surface area contributed by atoms with Gasteiger partial charge in [-0.3, -0.25) is 4.79 Å². The Balaban J connectivity index is 2.41. The minimum Gasteiger partial charge on any atom is -0.508 e. The van der Waals surface area contributed by atoms with Crippen LogP contribution in [0.1, 0.15) is 9.67 Å². The summed E-state index contributed by atoms with van der Waals surface area (Å²) in [6.45, 7) is 0. The largest absolute Gasteiger partial charge is 0.508 e. The van der Waals surface area contributed by atoms with Gasteiger partial charge in [-0.05, 0) is 29.8 Å². The van der Waals surface area contributed by atoms with Crippen molar-refractivity contribution in [2.75, 3.05) is 0 Å². The maximum atomic E-state index is 10.9. The van der Waals surface area contributed by atoms with E-state index in [0.717, 1.165) is 10.4 Å². The van der Waals surface area contributed by atoms with E-state index in [-0.39, 0.29) is 5.75 Å². The standard InChI is InChI=1S/C11H9NO2S/c12-11(14)10-5-4-9(15-10)7-2-1-3-8(13)6-7/h1-6,13H,(H2,12,14). The summed E-state index contributed by atoms with van der Waals surface area (Å²) in [4.78, 5) is 12.3. The number of carbonyl (C=O) groups is 1. The molecule has 0 aliphatic carbocycles. The molecule has 1 aromatic carbocycles. The number of carbonyl (C=O) groups excluding carboxylic acids is 1. The Morgan fingerprint density at radius 3 is 2.67 bits per heavy atom. The second-order valence-corrected chi connectivity index (χ2v) is 4.16. The lowest BCUT2D eigenvalue weighted by Crippen LogP contribution is -2.07. The van der Waals surface area contributed by atoms with E-state index in [4.69, 9.17) is 5.73 Å². The Kier molecular flexibility index (Phi) is 2.43. The van der Waals surface area contributed by atoms with Crippen LogP contribution in [0.25, 0.3) is 10.4 Å². The molecule has 0 saturated carbocycles. The summed E-state index contributed by atoms with van der Waals surface area (Å²) in [5.74, 6) is -0.215. The molecule has 0 bridgehead atoms. The maximum Gasteiger partial charge on any atom is 0.258 e. The Labute approximate surface area is 90.8 Å². The van der Waals surface area contributed by atoms with Crippen LogP contribution in [0.15, 0.2) is 36.4 Å². The summed E-state index contributed by atoms with van der Waals surface area (Å²) in [5.41, 5.74) is 6.04. The first kappa shape index (κ1) is 9.73. The predicted octanol–water partition coefficient (Wildman–Crippen LogP) is 2.22. The van der Waals surface area contributed by atoms with Gasteiger partial charge in [0.2, 0.25) is 0 Å². The lowest BCUT2D eigenvalue weighted by molar-refractivity contribution is 0.100. The summed E-state index contributed by atoms with van der Waals surface area (Å²) < 4.78 is 0. The zero-order valence-corrected chi connectivity index (χ0v) is 8.62. The third kappa shape index (κ3) is 1.99. The molecule has 1 amide bonds. The molecule has 0 aliphatic rings. The number of primary amides is 1. The van der Waals surface area contributed by atoms with Gasteiger partial charge >= 0.3 is 0 Å². The number of rotatable bonds is 2. The van der Waals surface area contributed by atoms with E-state index >= 15 is 0 Å². The van der Waals surface area contributed by atoms with Gasteiger partial charge in [-0.15, -0.1) is 11.3 Å². The number of nitrogens with two attached hydrogens (primary N) is 1. The molecule has 0 atom stereocenters. The normalized spacial score (nSPS) is 10.1. The van der Waals surface area contributed by atoms with Crippen LogP contribution in [0.3, 0.4) is 0 Å². The van der Waals surface area contributed by atoms with Crippen molar-refractivity contribution in [3.05, 3.63) is 41.3 Å². The van der Waals surface area contributed by atoms with E-state index in [1.54, 1.807) is 24.3 Å². The van der Waals surface area contributed by atoms with Crippen molar-refractivity contribution in [3.63, 3.8) is 0 Å². The first-order chi connectivity index (χ1) is 7.16. The molecule has 0 fully saturated rings. The number of aromatic hydroxyl groups is 1. The minimum absolute atomic E-state index is 0.210. The van der Waals surface area contributed by atoms with Gasteiger partial charge in [0.1, 0.15) is 5.75 Å². The molecule has 1 aromatic heterocycles. The molecule has 3 N–H and O–H groups in total. The number of amides is 1. The Morgan fingerprint density at radius 1 is 1.27 bits per heavy atom. The maximum absolute atomic E-state index is 10.9. The predicted molar refractivity (Wildman–Crippen MR) is 59.9 cm³/mol. The Bertz CT molecular complexity index is 505. The first-order valence-corrected chi connectivity index (χ1v) is 5.17. The molecular formula is C11H9NO2S. The molecule has 0 radical (unpaired) electrons. The van der Waals surface area contributed by atoms with Crippen LogP contribution in [0.5, 0.6) is 5.75 Å². The third-order valence-electron chi connectivity index (χ3n) is 1.98. The number of hydrogen-bond donors (Lipinski definition) is 2. The average molecular weight is 219 g/mol. The summed E-state index contributed by atoms with van der Waals surface area (Å²) in [5, 5.41) is 9.30. The third-order valence-corrected chi connectivity index (χ3v) is 3.13. The van der Waals surface area contributed by atoms with E-state index in [0.29, 0.717) is 4.88 Å². The highest BCUT2D eigenvalue weighted by molar-refractivity contribution is 7.17. The summed E-state index contributed by atoms with van der Waals surface area (Å²) in [6.07, 6.45) is 0. The topological polar surface area (TPSA) is 63.3 Å². The number of benzene rings is 1. The highest BCUT2D eigenvalue weighted by Crippen LogP contribution is 2.29. The van der Waals surface area contributed by atoms with Crippen molar-refractivity contribution in [2.24, 2.45) is 5.73 Å². The quantitative estimate of drug-likeness (QED) is 0.813. The molecule has 15 heavy (non-hydrogen) atoms. The molecule has 0 spiro atoms. The second-order valence-electron chi connectivity index (χ2n) is 3.08. The van der Waals surface area contributed by atoms with Gasteiger partial charge in [-0.2, -0.15) is 0 Å². The number of phenols is 1. The van der Waals surface area contributed by atoms with E-state index in [1.165, 1.54) is 11.3 Å². The summed E-state index contributed by atoms with van der Waals surface area (Å²) in [7, 11) is 0. The molecule has 0 saturated heterocycles. The minimum atomic E-state index is -0.425. The van der Waals surface area contributed by atoms with Gasteiger partial charge in [0, 0.05) is 4.88 Å². The van der Waals surface area contributed by atoms with Crippen molar-refractivity contribution in [2.45, 2.75) is 0 Å². The Morgan fingerprint density at radius 2 is 2.07 bits per heavy atom. The highest BCUT2D eigenvalue weighted by Gasteiger charge is 2.06. The SMILES string of the molecule is NC(=O)c1ccc(-c2cccc(O)c2)s1. The van der Waals surface area contributed by atoms with Crippen LogP contribution in [0.2, 0.25) is 0 Å². The van der Waals surface area contributed by atoms with Crippen LogP contribution in [-0.2, 0) is 0 Å². The molecule has 0 aliphatic heterocycles. The lowest BCUT2D eigenvalue weighted by atomic mass is 10.2. The fourth-order valence-corrected chi connectivity index (χ4v) is 2.14.